The molecule has 2 aromatic carbocycles. The molecule has 0 fully saturated rings. The predicted molar refractivity (Wildman–Crippen MR) is 95.8 cm³/mol. The second kappa shape index (κ2) is 8.48. The minimum atomic E-state index is -3.82. The van der Waals surface area contributed by atoms with Crippen LogP contribution in [0.1, 0.15) is 24.2 Å². The van der Waals surface area contributed by atoms with Gasteiger partial charge < -0.3 is 9.47 Å². The summed E-state index contributed by atoms with van der Waals surface area (Å²) in [6.45, 7) is 3.10. The van der Waals surface area contributed by atoms with E-state index in [1.54, 1.807) is 25.1 Å². The Balaban J connectivity index is 2.08. The fraction of sp³-hybridized carbons (Fsp3) is 0.222. The highest BCUT2D eigenvalue weighted by Gasteiger charge is 2.15. The van der Waals surface area contributed by atoms with Gasteiger partial charge in [0.05, 0.1) is 11.5 Å². The average molecular weight is 377 g/mol. The first-order valence-corrected chi connectivity index (χ1v) is 9.32. The summed E-state index contributed by atoms with van der Waals surface area (Å²) in [6, 6.07) is 11.8. The third-order valence-electron chi connectivity index (χ3n) is 3.32. The lowest BCUT2D eigenvalue weighted by molar-refractivity contribution is -0.145. The van der Waals surface area contributed by atoms with Crippen molar-refractivity contribution < 1.29 is 27.5 Å². The van der Waals surface area contributed by atoms with Crippen LogP contribution in [0.5, 0.6) is 5.75 Å². The summed E-state index contributed by atoms with van der Waals surface area (Å²) in [7, 11) is -3.82. The smallest absolute Gasteiger partial charge is 0.344 e. The van der Waals surface area contributed by atoms with Crippen molar-refractivity contribution >= 4 is 27.5 Å². The van der Waals surface area contributed by atoms with Crippen LogP contribution >= 0.6 is 0 Å². The van der Waals surface area contributed by atoms with Crippen molar-refractivity contribution in [2.24, 2.45) is 0 Å². The van der Waals surface area contributed by atoms with Gasteiger partial charge in [-0.1, -0.05) is 12.1 Å². The van der Waals surface area contributed by atoms with Gasteiger partial charge in [-0.2, -0.15) is 0 Å². The van der Waals surface area contributed by atoms with Crippen molar-refractivity contribution in [2.75, 3.05) is 17.9 Å². The van der Waals surface area contributed by atoms with Crippen LogP contribution in [0.4, 0.5) is 5.69 Å². The third kappa shape index (κ3) is 5.32. The Bertz CT molecular complexity index is 890. The molecular formula is C18H19NO6S. The highest BCUT2D eigenvalue weighted by molar-refractivity contribution is 7.92. The summed E-state index contributed by atoms with van der Waals surface area (Å²) in [5, 5.41) is 0. The number of nitrogens with one attached hydrogen (secondary N) is 1. The molecule has 0 atom stereocenters. The molecule has 2 aromatic rings. The topological polar surface area (TPSA) is 98.8 Å². The molecule has 8 heteroatoms. The van der Waals surface area contributed by atoms with Crippen molar-refractivity contribution in [3.63, 3.8) is 0 Å². The molecule has 0 radical (unpaired) electrons. The van der Waals surface area contributed by atoms with Gasteiger partial charge in [-0.25, -0.2) is 13.2 Å². The molecule has 7 nitrogen and oxygen atoms in total. The van der Waals surface area contributed by atoms with E-state index in [-0.39, 0.29) is 23.9 Å². The first kappa shape index (κ1) is 19.5. The molecule has 0 saturated carbocycles. The highest BCUT2D eigenvalue weighted by atomic mass is 32.2. The first-order chi connectivity index (χ1) is 12.3. The summed E-state index contributed by atoms with van der Waals surface area (Å²) >= 11 is 0. The van der Waals surface area contributed by atoms with E-state index < -0.39 is 16.0 Å². The predicted octanol–water partition coefficient (Wildman–Crippen LogP) is 2.63. The first-order valence-electron chi connectivity index (χ1n) is 7.84. The van der Waals surface area contributed by atoms with Gasteiger partial charge in [0.25, 0.3) is 10.0 Å². The number of Topliss-reactive ketones (excluding diaryl/α,β-unsaturated/α-hetero) is 1. The van der Waals surface area contributed by atoms with Crippen LogP contribution < -0.4 is 9.46 Å². The SMILES string of the molecule is CCOC(=O)COc1ccc(S(=O)(=O)Nc2cccc(C(C)=O)c2)cc1. The van der Waals surface area contributed by atoms with E-state index in [4.69, 9.17) is 9.47 Å². The molecular weight excluding hydrogens is 358 g/mol. The van der Waals surface area contributed by atoms with E-state index in [1.165, 1.54) is 37.3 Å². The van der Waals surface area contributed by atoms with Gasteiger partial charge in [-0.3, -0.25) is 9.52 Å². The molecule has 0 heterocycles. The quantitative estimate of drug-likeness (QED) is 0.561. The standard InChI is InChI=1S/C18H19NO6S/c1-3-24-18(21)12-25-16-7-9-17(10-8-16)26(22,23)19-15-6-4-5-14(11-15)13(2)20/h4-11,19H,3,12H2,1-2H3. The zero-order valence-corrected chi connectivity index (χ0v) is 15.2. The summed E-state index contributed by atoms with van der Waals surface area (Å²) in [5.74, 6) is -0.319. The van der Waals surface area contributed by atoms with E-state index in [1.807, 2.05) is 0 Å². The molecule has 0 aliphatic rings. The summed E-state index contributed by atoms with van der Waals surface area (Å²) in [5.41, 5.74) is 0.702. The van der Waals surface area contributed by atoms with Crippen molar-refractivity contribution in [3.05, 3.63) is 54.1 Å². The molecule has 0 unspecified atom stereocenters. The lowest BCUT2D eigenvalue weighted by Crippen LogP contribution is -2.15. The Morgan fingerprint density at radius 1 is 1.08 bits per heavy atom. The second-order valence-corrected chi connectivity index (χ2v) is 6.99. The lowest BCUT2D eigenvalue weighted by Gasteiger charge is -2.10. The minimum absolute atomic E-state index is 0.0224. The zero-order chi connectivity index (χ0) is 19.2. The molecule has 2 rings (SSSR count). The fourth-order valence-corrected chi connectivity index (χ4v) is 3.13. The Morgan fingerprint density at radius 3 is 2.38 bits per heavy atom. The molecule has 0 bridgehead atoms. The molecule has 0 spiro atoms. The van der Waals surface area contributed by atoms with Gasteiger partial charge in [0.2, 0.25) is 0 Å². The van der Waals surface area contributed by atoms with E-state index in [2.05, 4.69) is 4.72 Å². The van der Waals surface area contributed by atoms with Gasteiger partial charge in [0.1, 0.15) is 5.75 Å². The van der Waals surface area contributed by atoms with E-state index >= 15 is 0 Å². The Hall–Kier alpha value is -2.87. The maximum absolute atomic E-state index is 12.4. The average Bonchev–Trinajstić information content (AvgIpc) is 2.60. The minimum Gasteiger partial charge on any atom is -0.482 e. The van der Waals surface area contributed by atoms with Crippen molar-refractivity contribution in [1.82, 2.24) is 0 Å². The molecule has 0 aliphatic heterocycles. The Kier molecular flexibility index (Phi) is 6.35. The second-order valence-electron chi connectivity index (χ2n) is 5.31. The van der Waals surface area contributed by atoms with Gasteiger partial charge in [-0.15, -0.1) is 0 Å². The Morgan fingerprint density at radius 2 is 1.77 bits per heavy atom. The zero-order valence-electron chi connectivity index (χ0n) is 14.4. The number of ketones is 1. The van der Waals surface area contributed by atoms with E-state index in [0.29, 0.717) is 17.0 Å². The fourth-order valence-electron chi connectivity index (χ4n) is 2.08. The molecule has 138 valence electrons. The molecule has 0 aromatic heterocycles. The number of benzene rings is 2. The number of hydrogen-bond acceptors (Lipinski definition) is 6. The highest BCUT2D eigenvalue weighted by Crippen LogP contribution is 2.20. The van der Waals surface area contributed by atoms with Crippen LogP contribution in [0.2, 0.25) is 0 Å². The largest absolute Gasteiger partial charge is 0.482 e. The van der Waals surface area contributed by atoms with Crippen LogP contribution in [0.3, 0.4) is 0 Å². The summed E-state index contributed by atoms with van der Waals surface area (Å²) in [4.78, 5) is 22.7. The van der Waals surface area contributed by atoms with Crippen molar-refractivity contribution in [1.29, 1.82) is 0 Å². The number of carbonyl (C=O) groups excluding carboxylic acids is 2. The number of esters is 1. The molecule has 0 saturated heterocycles. The van der Waals surface area contributed by atoms with Gasteiger partial charge in [-0.05, 0) is 50.2 Å². The number of carbonyl (C=O) groups is 2. The van der Waals surface area contributed by atoms with Gasteiger partial charge in [0.15, 0.2) is 12.4 Å². The van der Waals surface area contributed by atoms with Gasteiger partial charge >= 0.3 is 5.97 Å². The Labute approximate surface area is 152 Å². The van der Waals surface area contributed by atoms with E-state index in [9.17, 15) is 18.0 Å². The van der Waals surface area contributed by atoms with E-state index in [0.717, 1.165) is 0 Å². The maximum Gasteiger partial charge on any atom is 0.344 e. The third-order valence-corrected chi connectivity index (χ3v) is 4.71. The lowest BCUT2D eigenvalue weighted by atomic mass is 10.1. The number of ether oxygens (including phenoxy) is 2. The molecule has 1 N–H and O–H groups in total. The number of sulfonamides is 1. The van der Waals surface area contributed by atoms with Crippen molar-refractivity contribution in [3.8, 4) is 5.75 Å². The number of hydrogen-bond donors (Lipinski definition) is 1. The molecule has 26 heavy (non-hydrogen) atoms. The maximum atomic E-state index is 12.4. The van der Waals surface area contributed by atoms with Crippen LogP contribution in [-0.2, 0) is 19.6 Å². The van der Waals surface area contributed by atoms with Crippen LogP contribution in [0.15, 0.2) is 53.4 Å². The normalized spacial score (nSPS) is 10.8. The molecule has 0 amide bonds. The number of anilines is 1. The monoisotopic (exact) mass is 377 g/mol. The summed E-state index contributed by atoms with van der Waals surface area (Å²) in [6.07, 6.45) is 0. The van der Waals surface area contributed by atoms with Crippen LogP contribution in [0, 0.1) is 0 Å². The number of rotatable bonds is 8. The van der Waals surface area contributed by atoms with Crippen LogP contribution in [-0.4, -0.2) is 33.4 Å². The van der Waals surface area contributed by atoms with Crippen molar-refractivity contribution in [2.45, 2.75) is 18.7 Å². The van der Waals surface area contributed by atoms with Gasteiger partial charge in [0, 0.05) is 11.3 Å². The summed E-state index contributed by atoms with van der Waals surface area (Å²) < 4.78 is 37.3. The molecule has 0 aliphatic carbocycles. The van der Waals surface area contributed by atoms with Crippen LogP contribution in [0.25, 0.3) is 0 Å².